The number of nitrogens with one attached hydrogen (secondary N) is 1. The van der Waals surface area contributed by atoms with E-state index in [1.54, 1.807) is 0 Å². The van der Waals surface area contributed by atoms with Crippen LogP contribution in [0.15, 0.2) is 4.99 Å². The van der Waals surface area contributed by atoms with Crippen molar-refractivity contribution in [1.29, 1.82) is 0 Å². The molecule has 0 unspecified atom stereocenters. The summed E-state index contributed by atoms with van der Waals surface area (Å²) in [6.45, 7) is 2.71. The Bertz CT molecular complexity index is 331. The summed E-state index contributed by atoms with van der Waals surface area (Å²) in [7, 11) is 0. The van der Waals surface area contributed by atoms with Crippen LogP contribution in [0.5, 0.6) is 0 Å². The van der Waals surface area contributed by atoms with Crippen LogP contribution in [0, 0.1) is 11.3 Å². The molecule has 1 spiro atoms. The second-order valence-corrected chi connectivity index (χ2v) is 5.48. The number of guanidine groups is 1. The zero-order valence-corrected chi connectivity index (χ0v) is 10.4. The fourth-order valence-corrected chi connectivity index (χ4v) is 3.08. The number of carbonyl (C=O) groups excluding carboxylic acids is 1. The van der Waals surface area contributed by atoms with Crippen LogP contribution in [-0.4, -0.2) is 24.5 Å². The second kappa shape index (κ2) is 4.55. The highest BCUT2D eigenvalue weighted by molar-refractivity contribution is 5.81. The van der Waals surface area contributed by atoms with Crippen LogP contribution in [0.2, 0.25) is 0 Å². The van der Waals surface area contributed by atoms with Gasteiger partial charge in [-0.25, -0.2) is 0 Å². The number of rotatable bonds is 4. The van der Waals surface area contributed by atoms with Crippen LogP contribution in [0.1, 0.15) is 39.0 Å². The summed E-state index contributed by atoms with van der Waals surface area (Å²) in [6.07, 6.45) is 5.32. The molecular formula is C12H22N4O. The van der Waals surface area contributed by atoms with Crippen molar-refractivity contribution in [2.45, 2.75) is 45.1 Å². The molecule has 2 fully saturated rings. The van der Waals surface area contributed by atoms with E-state index in [-0.39, 0.29) is 17.8 Å². The van der Waals surface area contributed by atoms with Gasteiger partial charge >= 0.3 is 0 Å². The molecule has 5 heteroatoms. The van der Waals surface area contributed by atoms with E-state index in [0.29, 0.717) is 18.0 Å². The first kappa shape index (κ1) is 12.2. The van der Waals surface area contributed by atoms with Gasteiger partial charge in [-0.05, 0) is 44.4 Å². The highest BCUT2D eigenvalue weighted by atomic mass is 16.2. The highest BCUT2D eigenvalue weighted by Gasteiger charge is 2.54. The molecule has 1 saturated heterocycles. The molecular weight excluding hydrogens is 216 g/mol. The first-order chi connectivity index (χ1) is 8.03. The van der Waals surface area contributed by atoms with Gasteiger partial charge in [-0.1, -0.05) is 0 Å². The van der Waals surface area contributed by atoms with Crippen LogP contribution < -0.4 is 16.8 Å². The van der Waals surface area contributed by atoms with Crippen LogP contribution >= 0.6 is 0 Å². The van der Waals surface area contributed by atoms with Gasteiger partial charge in [-0.15, -0.1) is 0 Å². The van der Waals surface area contributed by atoms with E-state index in [1.165, 1.54) is 12.8 Å². The minimum Gasteiger partial charge on any atom is -0.370 e. The lowest BCUT2D eigenvalue weighted by Crippen LogP contribution is -2.48. The lowest BCUT2D eigenvalue weighted by molar-refractivity contribution is -0.131. The number of piperidine rings is 1. The van der Waals surface area contributed by atoms with Gasteiger partial charge in [0.05, 0.1) is 0 Å². The second-order valence-electron chi connectivity index (χ2n) is 5.48. The molecule has 1 heterocycles. The third-order valence-corrected chi connectivity index (χ3v) is 3.99. The number of nitrogens with two attached hydrogens (primary N) is 2. The van der Waals surface area contributed by atoms with Crippen molar-refractivity contribution in [2.75, 3.05) is 6.54 Å². The van der Waals surface area contributed by atoms with Crippen LogP contribution in [0.25, 0.3) is 0 Å². The summed E-state index contributed by atoms with van der Waals surface area (Å²) in [6, 6.07) is 0.332. The minimum atomic E-state index is 0.132. The maximum atomic E-state index is 12.0. The highest BCUT2D eigenvalue weighted by Crippen LogP contribution is 2.58. The fourth-order valence-electron chi connectivity index (χ4n) is 3.08. The van der Waals surface area contributed by atoms with Crippen LogP contribution in [0.4, 0.5) is 0 Å². The van der Waals surface area contributed by atoms with Crippen LogP contribution in [0.3, 0.4) is 0 Å². The van der Waals surface area contributed by atoms with Gasteiger partial charge in [0.2, 0.25) is 5.91 Å². The van der Waals surface area contributed by atoms with Crippen molar-refractivity contribution >= 4 is 11.9 Å². The number of hydrogen-bond acceptors (Lipinski definition) is 2. The minimum absolute atomic E-state index is 0.132. The maximum absolute atomic E-state index is 12.0. The van der Waals surface area contributed by atoms with Gasteiger partial charge in [0.1, 0.15) is 0 Å². The number of aliphatic imine (C=N–C) groups is 1. The Hall–Kier alpha value is -1.26. The van der Waals surface area contributed by atoms with E-state index in [9.17, 15) is 4.79 Å². The molecule has 1 aliphatic carbocycles. The van der Waals surface area contributed by atoms with E-state index in [0.717, 1.165) is 19.3 Å². The third-order valence-electron chi connectivity index (χ3n) is 3.99. The molecule has 0 aromatic carbocycles. The van der Waals surface area contributed by atoms with E-state index >= 15 is 0 Å². The fraction of sp³-hybridized carbons (Fsp3) is 0.833. The van der Waals surface area contributed by atoms with Gasteiger partial charge in [0.15, 0.2) is 5.96 Å². The molecule has 1 aliphatic heterocycles. The summed E-state index contributed by atoms with van der Waals surface area (Å²) in [5, 5.41) is 3.05. The third kappa shape index (κ3) is 2.70. The van der Waals surface area contributed by atoms with Gasteiger partial charge in [0, 0.05) is 18.5 Å². The average molecular weight is 238 g/mol. The summed E-state index contributed by atoms with van der Waals surface area (Å²) < 4.78 is 0. The zero-order chi connectivity index (χ0) is 12.5. The predicted octanol–water partition coefficient (Wildman–Crippen LogP) is 0.345. The molecule has 0 aromatic rings. The SMILES string of the molecule is C[C@H]1CC2(CC2)[C@@H](CCCN=C(N)N)C(=O)N1. The normalized spacial score (nSPS) is 29.8. The Morgan fingerprint density at radius 3 is 2.82 bits per heavy atom. The van der Waals surface area contributed by atoms with Gasteiger partial charge < -0.3 is 16.8 Å². The molecule has 0 radical (unpaired) electrons. The Labute approximate surface area is 102 Å². The van der Waals surface area contributed by atoms with Crippen molar-refractivity contribution in [3.63, 3.8) is 0 Å². The Morgan fingerprint density at radius 2 is 2.24 bits per heavy atom. The predicted molar refractivity (Wildman–Crippen MR) is 67.3 cm³/mol. The lowest BCUT2D eigenvalue weighted by Gasteiger charge is -2.35. The van der Waals surface area contributed by atoms with Crippen molar-refractivity contribution < 1.29 is 4.79 Å². The largest absolute Gasteiger partial charge is 0.370 e. The van der Waals surface area contributed by atoms with E-state index < -0.39 is 0 Å². The van der Waals surface area contributed by atoms with E-state index in [2.05, 4.69) is 17.2 Å². The molecule has 2 aliphatic rings. The van der Waals surface area contributed by atoms with E-state index in [4.69, 9.17) is 11.5 Å². The van der Waals surface area contributed by atoms with Gasteiger partial charge in [0.25, 0.3) is 0 Å². The van der Waals surface area contributed by atoms with Crippen molar-refractivity contribution in [3.05, 3.63) is 0 Å². The summed E-state index contributed by atoms with van der Waals surface area (Å²) in [5.41, 5.74) is 10.8. The van der Waals surface area contributed by atoms with Gasteiger partial charge in [-0.3, -0.25) is 9.79 Å². The molecule has 2 rings (SSSR count). The zero-order valence-electron chi connectivity index (χ0n) is 10.4. The smallest absolute Gasteiger partial charge is 0.223 e. The molecule has 0 aromatic heterocycles. The Kier molecular flexibility index (Phi) is 3.26. The van der Waals surface area contributed by atoms with Gasteiger partial charge in [-0.2, -0.15) is 0 Å². The first-order valence-electron chi connectivity index (χ1n) is 6.39. The van der Waals surface area contributed by atoms with Crippen molar-refractivity contribution in [1.82, 2.24) is 5.32 Å². The molecule has 1 saturated carbocycles. The summed E-state index contributed by atoms with van der Waals surface area (Å²) in [5.74, 6) is 0.534. The number of hydrogen-bond donors (Lipinski definition) is 3. The summed E-state index contributed by atoms with van der Waals surface area (Å²) >= 11 is 0. The molecule has 2 atom stereocenters. The summed E-state index contributed by atoms with van der Waals surface area (Å²) in [4.78, 5) is 15.9. The molecule has 1 amide bonds. The maximum Gasteiger partial charge on any atom is 0.223 e. The van der Waals surface area contributed by atoms with Crippen molar-refractivity contribution in [2.24, 2.45) is 27.8 Å². The Balaban J connectivity index is 1.86. The van der Waals surface area contributed by atoms with Crippen molar-refractivity contribution in [3.8, 4) is 0 Å². The monoisotopic (exact) mass is 238 g/mol. The quantitative estimate of drug-likeness (QED) is 0.374. The average Bonchev–Trinajstić information content (AvgIpc) is 2.95. The van der Waals surface area contributed by atoms with Crippen LogP contribution in [-0.2, 0) is 4.79 Å². The lowest BCUT2D eigenvalue weighted by atomic mass is 9.77. The first-order valence-corrected chi connectivity index (χ1v) is 6.39. The molecule has 5 N–H and O–H groups in total. The molecule has 17 heavy (non-hydrogen) atoms. The molecule has 0 bridgehead atoms. The molecule has 5 nitrogen and oxygen atoms in total. The van der Waals surface area contributed by atoms with E-state index in [1.807, 2.05) is 0 Å². The standard InChI is InChI=1S/C12H22N4O/c1-8-7-12(4-5-12)9(10(17)16-8)3-2-6-15-11(13)14/h8-9H,2-7H2,1H3,(H,16,17)(H4,13,14,15)/t8-,9-/m0/s1. The number of amides is 1. The number of carbonyl (C=O) groups is 1. The Morgan fingerprint density at radius 1 is 1.53 bits per heavy atom. The molecule has 96 valence electrons. The topological polar surface area (TPSA) is 93.5 Å². The number of nitrogens with zero attached hydrogens (tertiary/aromatic N) is 1.